The zero-order valence-electron chi connectivity index (χ0n) is 23.8. The second kappa shape index (κ2) is 10.9. The summed E-state index contributed by atoms with van der Waals surface area (Å²) in [5.41, 5.74) is 5.35. The van der Waals surface area contributed by atoms with E-state index in [0.29, 0.717) is 36.8 Å². The molecule has 0 aliphatic rings. The fourth-order valence-corrected chi connectivity index (χ4v) is 4.52. The SMILES string of the molecule is CN(Cc1cc(C(C)(C)C)cc(C=O)c1O)c1ccccc1N(C)Cc1cc(C(C)(C)C)cc(C=O)c1O. The fraction of sp³-hybridized carbons (Fsp3) is 0.375. The third kappa shape index (κ3) is 6.18. The maximum absolute atomic E-state index is 11.7. The van der Waals surface area contributed by atoms with E-state index in [1.165, 1.54) is 0 Å². The highest BCUT2D eigenvalue weighted by atomic mass is 16.3. The van der Waals surface area contributed by atoms with Gasteiger partial charge in [-0.3, -0.25) is 9.59 Å². The summed E-state index contributed by atoms with van der Waals surface area (Å²) in [7, 11) is 3.89. The maximum Gasteiger partial charge on any atom is 0.153 e. The largest absolute Gasteiger partial charge is 0.507 e. The van der Waals surface area contributed by atoms with Crippen molar-refractivity contribution in [1.82, 2.24) is 0 Å². The number of para-hydroxylation sites is 2. The van der Waals surface area contributed by atoms with Gasteiger partial charge in [-0.15, -0.1) is 0 Å². The number of aromatic hydroxyl groups is 2. The lowest BCUT2D eigenvalue weighted by molar-refractivity contribution is 0.111. The first-order valence-electron chi connectivity index (χ1n) is 12.8. The van der Waals surface area contributed by atoms with Gasteiger partial charge < -0.3 is 20.0 Å². The van der Waals surface area contributed by atoms with Gasteiger partial charge in [0.1, 0.15) is 11.5 Å². The van der Waals surface area contributed by atoms with Gasteiger partial charge >= 0.3 is 0 Å². The lowest BCUT2D eigenvalue weighted by Crippen LogP contribution is -2.24. The van der Waals surface area contributed by atoms with E-state index in [1.54, 1.807) is 12.1 Å². The normalized spacial score (nSPS) is 11.8. The Morgan fingerprint density at radius 3 is 1.29 bits per heavy atom. The van der Waals surface area contributed by atoms with Crippen LogP contribution in [0.15, 0.2) is 48.5 Å². The summed E-state index contributed by atoms with van der Waals surface area (Å²) >= 11 is 0. The maximum atomic E-state index is 11.7. The molecule has 0 heterocycles. The summed E-state index contributed by atoms with van der Waals surface area (Å²) in [6.07, 6.45) is 1.39. The molecule has 6 nitrogen and oxygen atoms in total. The number of phenols is 2. The predicted molar refractivity (Wildman–Crippen MR) is 155 cm³/mol. The zero-order valence-corrected chi connectivity index (χ0v) is 23.8. The molecular weight excluding hydrogens is 476 g/mol. The molecule has 202 valence electrons. The highest BCUT2D eigenvalue weighted by molar-refractivity contribution is 5.82. The number of rotatable bonds is 8. The molecule has 0 spiro atoms. The number of phenolic OH excluding ortho intramolecular Hbond substituents is 2. The van der Waals surface area contributed by atoms with E-state index >= 15 is 0 Å². The summed E-state index contributed by atoms with van der Waals surface area (Å²) in [5, 5.41) is 21.6. The lowest BCUT2D eigenvalue weighted by Gasteiger charge is -2.30. The molecular formula is C32H40N2O4. The van der Waals surface area contributed by atoms with Crippen LogP contribution in [0.5, 0.6) is 11.5 Å². The van der Waals surface area contributed by atoms with Gasteiger partial charge in [0.05, 0.1) is 22.5 Å². The average molecular weight is 517 g/mol. The van der Waals surface area contributed by atoms with Gasteiger partial charge in [0.2, 0.25) is 0 Å². The van der Waals surface area contributed by atoms with Gasteiger partial charge in [-0.2, -0.15) is 0 Å². The van der Waals surface area contributed by atoms with Crippen molar-refractivity contribution < 1.29 is 19.8 Å². The van der Waals surface area contributed by atoms with Crippen LogP contribution in [0.25, 0.3) is 0 Å². The summed E-state index contributed by atoms with van der Waals surface area (Å²) < 4.78 is 0. The first-order valence-corrected chi connectivity index (χ1v) is 12.8. The minimum atomic E-state index is -0.180. The molecule has 0 fully saturated rings. The molecule has 38 heavy (non-hydrogen) atoms. The number of nitrogens with zero attached hydrogens (tertiary/aromatic N) is 2. The number of anilines is 2. The second-order valence-electron chi connectivity index (χ2n) is 12.1. The van der Waals surface area contributed by atoms with E-state index in [2.05, 4.69) is 41.5 Å². The van der Waals surface area contributed by atoms with Crippen molar-refractivity contribution in [2.75, 3.05) is 23.9 Å². The van der Waals surface area contributed by atoms with Crippen molar-refractivity contribution >= 4 is 23.9 Å². The third-order valence-corrected chi connectivity index (χ3v) is 6.94. The molecule has 3 aromatic rings. The topological polar surface area (TPSA) is 81.1 Å². The van der Waals surface area contributed by atoms with Crippen molar-refractivity contribution in [3.63, 3.8) is 0 Å². The van der Waals surface area contributed by atoms with E-state index in [4.69, 9.17) is 0 Å². The van der Waals surface area contributed by atoms with Crippen LogP contribution in [0.1, 0.15) is 84.5 Å². The summed E-state index contributed by atoms with van der Waals surface area (Å²) in [6.45, 7) is 13.2. The Hall–Kier alpha value is -3.80. The molecule has 0 saturated heterocycles. The van der Waals surface area contributed by atoms with Gasteiger partial charge in [0.15, 0.2) is 12.6 Å². The molecule has 0 atom stereocenters. The number of aldehydes is 2. The molecule has 0 saturated carbocycles. The molecule has 0 aliphatic carbocycles. The van der Waals surface area contributed by atoms with E-state index in [9.17, 15) is 19.8 Å². The Bertz CT molecular complexity index is 1230. The van der Waals surface area contributed by atoms with Crippen LogP contribution < -0.4 is 9.80 Å². The Morgan fingerprint density at radius 1 is 0.658 bits per heavy atom. The van der Waals surface area contributed by atoms with Crippen molar-refractivity contribution in [2.45, 2.75) is 65.5 Å². The van der Waals surface area contributed by atoms with E-state index in [0.717, 1.165) is 22.5 Å². The monoisotopic (exact) mass is 516 g/mol. The Labute approximate surface area is 226 Å². The number of carbonyl (C=O) groups is 2. The molecule has 3 aromatic carbocycles. The summed E-state index contributed by atoms with van der Waals surface area (Å²) in [6, 6.07) is 15.3. The molecule has 2 N–H and O–H groups in total. The Kier molecular flexibility index (Phi) is 8.25. The molecule has 0 radical (unpaired) electrons. The molecule has 0 aliphatic heterocycles. The van der Waals surface area contributed by atoms with Crippen LogP contribution >= 0.6 is 0 Å². The van der Waals surface area contributed by atoms with Crippen molar-refractivity contribution in [2.24, 2.45) is 0 Å². The van der Waals surface area contributed by atoms with Crippen LogP contribution in [-0.2, 0) is 23.9 Å². The first kappa shape index (κ1) is 28.8. The first-order chi connectivity index (χ1) is 17.7. The predicted octanol–water partition coefficient (Wildman–Crippen LogP) is 6.59. The van der Waals surface area contributed by atoms with Crippen LogP contribution in [0, 0.1) is 0 Å². The Balaban J connectivity index is 1.98. The lowest BCUT2D eigenvalue weighted by atomic mass is 9.84. The van der Waals surface area contributed by atoms with Gasteiger partial charge in [-0.05, 0) is 58.4 Å². The third-order valence-electron chi connectivity index (χ3n) is 6.94. The molecule has 6 heteroatoms. The van der Waals surface area contributed by atoms with Gasteiger partial charge in [0.25, 0.3) is 0 Å². The van der Waals surface area contributed by atoms with Crippen LogP contribution in [0.4, 0.5) is 11.4 Å². The average Bonchev–Trinajstić information content (AvgIpc) is 2.84. The summed E-state index contributed by atoms with van der Waals surface area (Å²) in [4.78, 5) is 27.4. The molecule has 0 amide bonds. The van der Waals surface area contributed by atoms with Crippen LogP contribution in [-0.4, -0.2) is 36.9 Å². The molecule has 3 rings (SSSR count). The highest BCUT2D eigenvalue weighted by Crippen LogP contribution is 2.36. The summed E-state index contributed by atoms with van der Waals surface area (Å²) in [5.74, 6) is -0.00742. The Morgan fingerprint density at radius 2 is 1.00 bits per heavy atom. The molecule has 0 bridgehead atoms. The fourth-order valence-electron chi connectivity index (χ4n) is 4.52. The number of hydrogen-bond donors (Lipinski definition) is 2. The van der Waals surface area contributed by atoms with Crippen molar-refractivity contribution in [3.8, 4) is 11.5 Å². The molecule has 0 unspecified atom stereocenters. The van der Waals surface area contributed by atoms with Crippen LogP contribution in [0.3, 0.4) is 0 Å². The van der Waals surface area contributed by atoms with E-state index < -0.39 is 0 Å². The highest BCUT2D eigenvalue weighted by Gasteiger charge is 2.22. The van der Waals surface area contributed by atoms with E-state index in [-0.39, 0.29) is 33.5 Å². The minimum Gasteiger partial charge on any atom is -0.507 e. The van der Waals surface area contributed by atoms with Crippen molar-refractivity contribution in [3.05, 3.63) is 81.9 Å². The number of carbonyl (C=O) groups excluding carboxylic acids is 2. The smallest absolute Gasteiger partial charge is 0.153 e. The van der Waals surface area contributed by atoms with Crippen molar-refractivity contribution in [1.29, 1.82) is 0 Å². The van der Waals surface area contributed by atoms with Gasteiger partial charge in [-0.25, -0.2) is 0 Å². The van der Waals surface area contributed by atoms with Gasteiger partial charge in [-0.1, -0.05) is 53.7 Å². The number of hydrogen-bond acceptors (Lipinski definition) is 6. The van der Waals surface area contributed by atoms with Crippen LogP contribution in [0.2, 0.25) is 0 Å². The minimum absolute atomic E-state index is 0.00371. The quantitative estimate of drug-likeness (QED) is 0.329. The standard InChI is InChI=1S/C32H40N2O4/c1-31(2,3)25-13-21(29(37)23(15-25)19-35)17-33(7)27-11-9-10-12-28(27)34(8)18-22-14-26(32(4,5)6)16-24(20-36)30(22)38/h9-16,19-20,37-38H,17-18H2,1-8H3. The van der Waals surface area contributed by atoms with Gasteiger partial charge in [0, 0.05) is 38.3 Å². The zero-order chi connectivity index (χ0) is 28.4. The second-order valence-corrected chi connectivity index (χ2v) is 12.1. The number of benzene rings is 3. The van der Waals surface area contributed by atoms with E-state index in [1.807, 2.05) is 60.3 Å². The molecule has 0 aromatic heterocycles.